The molecule has 2 heterocycles. The van der Waals surface area contributed by atoms with Gasteiger partial charge in [-0.2, -0.15) is 9.97 Å². The molecule has 0 unspecified atom stereocenters. The van der Waals surface area contributed by atoms with Crippen LogP contribution in [0.2, 0.25) is 0 Å². The topological polar surface area (TPSA) is 78.5 Å². The molecule has 1 aliphatic carbocycles. The van der Waals surface area contributed by atoms with Crippen LogP contribution >= 0.6 is 0 Å². The first-order chi connectivity index (χ1) is 9.86. The van der Waals surface area contributed by atoms with Crippen molar-refractivity contribution in [2.45, 2.75) is 51.5 Å². The third-order valence-corrected chi connectivity index (χ3v) is 3.82. The lowest BCUT2D eigenvalue weighted by Crippen LogP contribution is -2.20. The van der Waals surface area contributed by atoms with Gasteiger partial charge >= 0.3 is 0 Å². The van der Waals surface area contributed by atoms with Crippen LogP contribution in [0.3, 0.4) is 0 Å². The summed E-state index contributed by atoms with van der Waals surface area (Å²) in [5, 5.41) is 6.75. The van der Waals surface area contributed by atoms with E-state index in [4.69, 9.17) is 0 Å². The molecule has 0 atom stereocenters. The second-order valence-electron chi connectivity index (χ2n) is 5.36. The van der Waals surface area contributed by atoms with Crippen LogP contribution in [0, 0.1) is 0 Å². The van der Waals surface area contributed by atoms with Gasteiger partial charge in [0, 0.05) is 12.6 Å². The Morgan fingerprint density at radius 3 is 2.75 bits per heavy atom. The highest BCUT2D eigenvalue weighted by atomic mass is 15.2. The minimum absolute atomic E-state index is 0.508. The molecule has 0 aliphatic heterocycles. The molecule has 0 spiro atoms. The number of anilines is 2. The highest BCUT2D eigenvalue weighted by Crippen LogP contribution is 2.24. The predicted molar refractivity (Wildman–Crippen MR) is 81.0 cm³/mol. The number of aromatic amines is 1. The zero-order chi connectivity index (χ0) is 13.8. The van der Waals surface area contributed by atoms with Gasteiger partial charge in [-0.1, -0.05) is 25.7 Å². The summed E-state index contributed by atoms with van der Waals surface area (Å²) in [6, 6.07) is 0.508. The van der Waals surface area contributed by atoms with Crippen LogP contribution in [0.1, 0.15) is 45.4 Å². The molecule has 2 aromatic heterocycles. The molecule has 2 aromatic rings. The second-order valence-corrected chi connectivity index (χ2v) is 5.36. The number of nitrogens with zero attached hydrogens (tertiary/aromatic N) is 3. The van der Waals surface area contributed by atoms with Gasteiger partial charge in [-0.05, 0) is 19.8 Å². The first kappa shape index (κ1) is 13.1. The largest absolute Gasteiger partial charge is 0.365 e. The quantitative estimate of drug-likeness (QED) is 0.747. The highest BCUT2D eigenvalue weighted by Gasteiger charge is 2.16. The summed E-state index contributed by atoms with van der Waals surface area (Å²) in [6.07, 6.45) is 9.41. The number of nitrogens with one attached hydrogen (secondary N) is 3. The molecular formula is C14H22N6. The molecule has 0 saturated heterocycles. The van der Waals surface area contributed by atoms with Crippen molar-refractivity contribution in [2.75, 3.05) is 17.2 Å². The number of hydrogen-bond donors (Lipinski definition) is 3. The van der Waals surface area contributed by atoms with Crippen molar-refractivity contribution in [1.82, 2.24) is 19.9 Å². The van der Waals surface area contributed by atoms with Gasteiger partial charge in [-0.25, -0.2) is 4.98 Å². The number of H-pyrrole nitrogens is 1. The number of hydrogen-bond acceptors (Lipinski definition) is 5. The molecule has 6 heteroatoms. The van der Waals surface area contributed by atoms with E-state index in [1.54, 1.807) is 6.33 Å². The van der Waals surface area contributed by atoms with Gasteiger partial charge in [0.1, 0.15) is 5.52 Å². The molecule has 3 rings (SSSR count). The van der Waals surface area contributed by atoms with Crippen molar-refractivity contribution in [1.29, 1.82) is 0 Å². The Balaban J connectivity index is 1.86. The third kappa shape index (κ3) is 2.84. The minimum Gasteiger partial charge on any atom is -0.365 e. The van der Waals surface area contributed by atoms with Gasteiger partial charge < -0.3 is 15.6 Å². The summed E-state index contributed by atoms with van der Waals surface area (Å²) in [5.41, 5.74) is 1.61. The summed E-state index contributed by atoms with van der Waals surface area (Å²) in [5.74, 6) is 1.51. The van der Waals surface area contributed by atoms with Crippen LogP contribution in [0.15, 0.2) is 6.33 Å². The van der Waals surface area contributed by atoms with Crippen molar-refractivity contribution in [3.05, 3.63) is 6.33 Å². The Kier molecular flexibility index (Phi) is 3.99. The molecule has 1 aliphatic rings. The van der Waals surface area contributed by atoms with Crippen molar-refractivity contribution >= 4 is 22.9 Å². The Bertz CT molecular complexity index is 556. The molecule has 3 N–H and O–H groups in total. The number of imidazole rings is 1. The Morgan fingerprint density at radius 1 is 1.20 bits per heavy atom. The van der Waals surface area contributed by atoms with Crippen LogP contribution in [0.4, 0.5) is 11.8 Å². The fourth-order valence-electron chi connectivity index (χ4n) is 2.79. The van der Waals surface area contributed by atoms with E-state index in [9.17, 15) is 0 Å². The van der Waals surface area contributed by atoms with Gasteiger partial charge in [-0.3, -0.25) is 0 Å². The SMILES string of the molecule is CCNc1nc(NC2CCCCCC2)c2[nH]cnc2n1. The van der Waals surface area contributed by atoms with Crippen molar-refractivity contribution in [2.24, 2.45) is 0 Å². The molecule has 0 aromatic carbocycles. The van der Waals surface area contributed by atoms with Crippen LogP contribution in [-0.2, 0) is 0 Å². The Hall–Kier alpha value is -1.85. The summed E-state index contributed by atoms with van der Waals surface area (Å²) in [7, 11) is 0. The number of aromatic nitrogens is 4. The number of rotatable bonds is 4. The summed E-state index contributed by atoms with van der Waals surface area (Å²) >= 11 is 0. The van der Waals surface area contributed by atoms with Gasteiger partial charge in [0.2, 0.25) is 5.95 Å². The minimum atomic E-state index is 0.508. The lowest BCUT2D eigenvalue weighted by Gasteiger charge is -2.17. The van der Waals surface area contributed by atoms with E-state index < -0.39 is 0 Å². The predicted octanol–water partition coefficient (Wildman–Crippen LogP) is 2.92. The fraction of sp³-hybridized carbons (Fsp3) is 0.643. The monoisotopic (exact) mass is 274 g/mol. The Labute approximate surface area is 118 Å². The molecule has 0 amide bonds. The summed E-state index contributed by atoms with van der Waals surface area (Å²) < 4.78 is 0. The van der Waals surface area contributed by atoms with Gasteiger partial charge in [0.05, 0.1) is 6.33 Å². The Morgan fingerprint density at radius 2 is 2.00 bits per heavy atom. The fourth-order valence-corrected chi connectivity index (χ4v) is 2.79. The van der Waals surface area contributed by atoms with Crippen LogP contribution in [-0.4, -0.2) is 32.5 Å². The van der Waals surface area contributed by atoms with Crippen LogP contribution in [0.25, 0.3) is 11.2 Å². The molecule has 1 saturated carbocycles. The first-order valence-corrected chi connectivity index (χ1v) is 7.58. The van der Waals surface area contributed by atoms with E-state index in [1.165, 1.54) is 38.5 Å². The van der Waals surface area contributed by atoms with Crippen LogP contribution < -0.4 is 10.6 Å². The summed E-state index contributed by atoms with van der Waals surface area (Å²) in [4.78, 5) is 16.4. The molecule has 1 fully saturated rings. The third-order valence-electron chi connectivity index (χ3n) is 3.82. The average molecular weight is 274 g/mol. The molecule has 6 nitrogen and oxygen atoms in total. The molecule has 0 bridgehead atoms. The zero-order valence-electron chi connectivity index (χ0n) is 11.9. The van der Waals surface area contributed by atoms with Crippen LogP contribution in [0.5, 0.6) is 0 Å². The first-order valence-electron chi connectivity index (χ1n) is 7.58. The maximum Gasteiger partial charge on any atom is 0.226 e. The van der Waals surface area contributed by atoms with E-state index in [0.29, 0.717) is 17.6 Å². The second kappa shape index (κ2) is 6.07. The van der Waals surface area contributed by atoms with E-state index in [-0.39, 0.29) is 0 Å². The van der Waals surface area contributed by atoms with Crippen molar-refractivity contribution < 1.29 is 0 Å². The molecule has 0 radical (unpaired) electrons. The lowest BCUT2D eigenvalue weighted by molar-refractivity contribution is 0.618. The van der Waals surface area contributed by atoms with Gasteiger partial charge in [-0.15, -0.1) is 0 Å². The van der Waals surface area contributed by atoms with E-state index in [2.05, 4.69) is 30.6 Å². The van der Waals surface area contributed by atoms with E-state index in [0.717, 1.165) is 17.9 Å². The maximum atomic E-state index is 4.58. The smallest absolute Gasteiger partial charge is 0.226 e. The molecule has 20 heavy (non-hydrogen) atoms. The zero-order valence-corrected chi connectivity index (χ0v) is 11.9. The van der Waals surface area contributed by atoms with Crippen molar-refractivity contribution in [3.8, 4) is 0 Å². The maximum absolute atomic E-state index is 4.58. The van der Waals surface area contributed by atoms with Crippen molar-refractivity contribution in [3.63, 3.8) is 0 Å². The van der Waals surface area contributed by atoms with Gasteiger partial charge in [0.15, 0.2) is 11.5 Å². The van der Waals surface area contributed by atoms with Gasteiger partial charge in [0.25, 0.3) is 0 Å². The normalized spacial score (nSPS) is 17.1. The lowest BCUT2D eigenvalue weighted by atomic mass is 10.1. The standard InChI is InChI=1S/C14H22N6/c1-2-15-14-19-12-11(16-9-17-12)13(20-14)18-10-7-5-3-4-6-8-10/h9-10H,2-8H2,1H3,(H3,15,16,17,18,19,20). The van der Waals surface area contributed by atoms with E-state index in [1.807, 2.05) is 6.92 Å². The summed E-state index contributed by atoms with van der Waals surface area (Å²) in [6.45, 7) is 2.84. The average Bonchev–Trinajstić information content (AvgIpc) is 2.77. The number of fused-ring (bicyclic) bond motifs is 1. The molecular weight excluding hydrogens is 252 g/mol. The highest BCUT2D eigenvalue weighted by molar-refractivity contribution is 5.83. The van der Waals surface area contributed by atoms with E-state index >= 15 is 0 Å². The molecule has 108 valence electrons.